The van der Waals surface area contributed by atoms with Crippen LogP contribution in [-0.2, 0) is 0 Å². The quantitative estimate of drug-likeness (QED) is 0.524. The summed E-state index contributed by atoms with van der Waals surface area (Å²) in [5.74, 6) is 2.33. The van der Waals surface area contributed by atoms with Gasteiger partial charge in [0, 0.05) is 28.9 Å². The number of fused-ring (bicyclic) bond motifs is 1. The predicted molar refractivity (Wildman–Crippen MR) is 113 cm³/mol. The second kappa shape index (κ2) is 7.64. The van der Waals surface area contributed by atoms with Gasteiger partial charge in [-0.15, -0.1) is 0 Å². The lowest BCUT2D eigenvalue weighted by atomic mass is 10.0. The molecule has 0 saturated carbocycles. The third-order valence-corrected chi connectivity index (χ3v) is 4.75. The summed E-state index contributed by atoms with van der Waals surface area (Å²) in [5, 5.41) is 4.55. The highest BCUT2D eigenvalue weighted by Gasteiger charge is 2.15. The molecule has 0 aliphatic carbocycles. The molecule has 4 rings (SSSR count). The number of rotatable bonds is 5. The lowest BCUT2D eigenvalue weighted by molar-refractivity contribution is 0.408. The molecule has 2 aromatic carbocycles. The number of benzene rings is 2. The molecule has 28 heavy (non-hydrogen) atoms. The van der Waals surface area contributed by atoms with Gasteiger partial charge < -0.3 is 10.1 Å². The van der Waals surface area contributed by atoms with Gasteiger partial charge in [-0.25, -0.2) is 9.97 Å². The summed E-state index contributed by atoms with van der Waals surface area (Å²) < 4.78 is 5.56. The van der Waals surface area contributed by atoms with E-state index >= 15 is 0 Å². The van der Waals surface area contributed by atoms with Crippen LogP contribution in [0.5, 0.6) is 5.75 Å². The summed E-state index contributed by atoms with van der Waals surface area (Å²) in [4.78, 5) is 13.6. The van der Waals surface area contributed by atoms with Crippen LogP contribution in [0, 0.1) is 6.92 Å². The minimum atomic E-state index is 0.0125. The Morgan fingerprint density at radius 1 is 0.964 bits per heavy atom. The Bertz CT molecular complexity index is 1110. The monoisotopic (exact) mass is 370 g/mol. The van der Waals surface area contributed by atoms with E-state index in [1.165, 1.54) is 5.56 Å². The molecule has 4 aromatic rings. The number of para-hydroxylation sites is 1. The van der Waals surface area contributed by atoms with Crippen LogP contribution >= 0.6 is 0 Å². The predicted octanol–water partition coefficient (Wildman–Crippen LogP) is 5.18. The zero-order valence-electron chi connectivity index (χ0n) is 16.2. The van der Waals surface area contributed by atoms with Crippen LogP contribution in [0.4, 0.5) is 5.82 Å². The van der Waals surface area contributed by atoms with E-state index in [4.69, 9.17) is 14.7 Å². The molecule has 0 bridgehead atoms. The van der Waals surface area contributed by atoms with E-state index < -0.39 is 0 Å². The molecule has 2 aromatic heterocycles. The first-order chi connectivity index (χ1) is 13.7. The van der Waals surface area contributed by atoms with Crippen molar-refractivity contribution in [3.63, 3.8) is 0 Å². The number of anilines is 1. The maximum absolute atomic E-state index is 5.56. The number of hydrogen-bond acceptors (Lipinski definition) is 5. The fraction of sp³-hybridized carbons (Fsp3) is 0.174. The maximum atomic E-state index is 5.56. The van der Waals surface area contributed by atoms with E-state index in [0.29, 0.717) is 5.82 Å². The van der Waals surface area contributed by atoms with Gasteiger partial charge in [0.25, 0.3) is 0 Å². The highest BCUT2D eigenvalue weighted by Crippen LogP contribution is 2.31. The topological polar surface area (TPSA) is 59.9 Å². The minimum Gasteiger partial charge on any atom is -0.496 e. The summed E-state index contributed by atoms with van der Waals surface area (Å²) in [6.45, 7) is 4.19. The van der Waals surface area contributed by atoms with Crippen LogP contribution < -0.4 is 10.1 Å². The maximum Gasteiger partial charge on any atom is 0.162 e. The van der Waals surface area contributed by atoms with E-state index in [1.807, 2.05) is 42.5 Å². The second-order valence-corrected chi connectivity index (χ2v) is 6.76. The number of hydrogen-bond donors (Lipinski definition) is 1. The Labute approximate surface area is 164 Å². The average molecular weight is 370 g/mol. The third-order valence-electron chi connectivity index (χ3n) is 4.75. The molecule has 5 nitrogen and oxygen atoms in total. The van der Waals surface area contributed by atoms with Crippen molar-refractivity contribution in [3.8, 4) is 17.1 Å². The molecular formula is C23H22N4O. The molecule has 0 aliphatic rings. The molecular weight excluding hydrogens is 348 g/mol. The van der Waals surface area contributed by atoms with Gasteiger partial charge in [0.05, 0.1) is 18.7 Å². The lowest BCUT2D eigenvalue weighted by Crippen LogP contribution is -2.11. The molecule has 0 aliphatic heterocycles. The van der Waals surface area contributed by atoms with Crippen LogP contribution in [0.1, 0.15) is 24.1 Å². The van der Waals surface area contributed by atoms with Crippen LogP contribution in [0.15, 0.2) is 67.0 Å². The van der Waals surface area contributed by atoms with E-state index in [9.17, 15) is 0 Å². The van der Waals surface area contributed by atoms with Gasteiger partial charge >= 0.3 is 0 Å². The molecule has 0 fully saturated rings. The zero-order chi connectivity index (χ0) is 19.5. The van der Waals surface area contributed by atoms with E-state index in [-0.39, 0.29) is 6.04 Å². The number of pyridine rings is 1. The van der Waals surface area contributed by atoms with E-state index in [2.05, 4.69) is 36.3 Å². The number of methoxy groups -OCH3 is 1. The summed E-state index contributed by atoms with van der Waals surface area (Å²) in [6, 6.07) is 18.1. The van der Waals surface area contributed by atoms with Crippen LogP contribution in [0.3, 0.4) is 0 Å². The van der Waals surface area contributed by atoms with Gasteiger partial charge in [0.15, 0.2) is 5.82 Å². The number of ether oxygens (including phenoxy) is 1. The van der Waals surface area contributed by atoms with E-state index in [0.717, 1.165) is 33.6 Å². The van der Waals surface area contributed by atoms with Crippen molar-refractivity contribution < 1.29 is 4.74 Å². The average Bonchev–Trinajstić information content (AvgIpc) is 2.74. The first-order valence-corrected chi connectivity index (χ1v) is 9.24. The Balaban J connectivity index is 1.79. The van der Waals surface area contributed by atoms with Gasteiger partial charge in [-0.2, -0.15) is 0 Å². The van der Waals surface area contributed by atoms with Gasteiger partial charge in [-0.3, -0.25) is 4.98 Å². The van der Waals surface area contributed by atoms with Crippen molar-refractivity contribution in [2.45, 2.75) is 19.9 Å². The molecule has 1 N–H and O–H groups in total. The van der Waals surface area contributed by atoms with Gasteiger partial charge in [-0.05, 0) is 44.2 Å². The molecule has 0 radical (unpaired) electrons. The molecule has 0 spiro atoms. The molecule has 0 amide bonds. The first-order valence-electron chi connectivity index (χ1n) is 9.24. The van der Waals surface area contributed by atoms with Crippen LogP contribution in [-0.4, -0.2) is 22.1 Å². The van der Waals surface area contributed by atoms with Crippen molar-refractivity contribution >= 4 is 16.7 Å². The second-order valence-electron chi connectivity index (χ2n) is 6.76. The van der Waals surface area contributed by atoms with E-state index in [1.54, 1.807) is 19.5 Å². The summed E-state index contributed by atoms with van der Waals surface area (Å²) in [6.07, 6.45) is 3.50. The number of nitrogens with one attached hydrogen (secondary N) is 1. The van der Waals surface area contributed by atoms with Crippen molar-refractivity contribution in [2.24, 2.45) is 0 Å². The number of aromatic nitrogens is 3. The summed E-state index contributed by atoms with van der Waals surface area (Å²) >= 11 is 0. The lowest BCUT2D eigenvalue weighted by Gasteiger charge is -2.20. The van der Waals surface area contributed by atoms with Gasteiger partial charge in [-0.1, -0.05) is 29.8 Å². The van der Waals surface area contributed by atoms with Crippen LogP contribution in [0.2, 0.25) is 0 Å². The molecule has 2 heterocycles. The molecule has 0 saturated heterocycles. The van der Waals surface area contributed by atoms with Crippen molar-refractivity contribution in [2.75, 3.05) is 12.4 Å². The summed E-state index contributed by atoms with van der Waals surface area (Å²) in [5.41, 5.74) is 4.12. The third kappa shape index (κ3) is 3.51. The standard InChI is InChI=1S/C23H22N4O/c1-15-8-9-21(28-3)19(14-15)16(2)25-23-18-6-4-5-7-20(18)26-22(27-23)17-10-12-24-13-11-17/h4-14,16H,1-3H3,(H,25,26,27). The highest BCUT2D eigenvalue weighted by atomic mass is 16.5. The number of nitrogens with zero attached hydrogens (tertiary/aromatic N) is 3. The molecule has 140 valence electrons. The molecule has 5 heteroatoms. The van der Waals surface area contributed by atoms with Crippen molar-refractivity contribution in [3.05, 3.63) is 78.1 Å². The Kier molecular flexibility index (Phi) is 4.89. The highest BCUT2D eigenvalue weighted by molar-refractivity contribution is 5.90. The first kappa shape index (κ1) is 17.9. The van der Waals surface area contributed by atoms with Crippen LogP contribution in [0.25, 0.3) is 22.3 Å². The van der Waals surface area contributed by atoms with Crippen molar-refractivity contribution in [1.82, 2.24) is 15.0 Å². The fourth-order valence-corrected chi connectivity index (χ4v) is 3.29. The largest absolute Gasteiger partial charge is 0.496 e. The van der Waals surface area contributed by atoms with Crippen molar-refractivity contribution in [1.29, 1.82) is 0 Å². The Morgan fingerprint density at radius 2 is 1.75 bits per heavy atom. The molecule has 1 atom stereocenters. The zero-order valence-corrected chi connectivity index (χ0v) is 16.2. The normalized spacial score (nSPS) is 12.0. The fourth-order valence-electron chi connectivity index (χ4n) is 3.29. The molecule has 1 unspecified atom stereocenters. The Hall–Kier alpha value is -3.47. The smallest absolute Gasteiger partial charge is 0.162 e. The minimum absolute atomic E-state index is 0.0125. The Morgan fingerprint density at radius 3 is 2.54 bits per heavy atom. The summed E-state index contributed by atoms with van der Waals surface area (Å²) in [7, 11) is 1.70. The number of aryl methyl sites for hydroxylation is 1. The SMILES string of the molecule is COc1ccc(C)cc1C(C)Nc1nc(-c2ccncc2)nc2ccccc12. The van der Waals surface area contributed by atoms with Gasteiger partial charge in [0.2, 0.25) is 0 Å². The van der Waals surface area contributed by atoms with Gasteiger partial charge in [0.1, 0.15) is 11.6 Å².